The molecule has 1 spiro atoms. The van der Waals surface area contributed by atoms with Gasteiger partial charge in [-0.15, -0.1) is 0 Å². The number of anilines is 1. The zero-order valence-electron chi connectivity index (χ0n) is 13.4. The Morgan fingerprint density at radius 3 is 2.58 bits per heavy atom. The molecule has 1 amide bonds. The number of carbonyl (C=O) groups excluding carboxylic acids is 1. The van der Waals surface area contributed by atoms with E-state index in [1.54, 1.807) is 17.3 Å². The smallest absolute Gasteiger partial charge is 0.417 e. The zero-order chi connectivity index (χ0) is 16.1. The number of hydrogen-bond donors (Lipinski definition) is 0. The van der Waals surface area contributed by atoms with Crippen LogP contribution in [0.1, 0.15) is 12.8 Å². The van der Waals surface area contributed by atoms with Gasteiger partial charge in [0.25, 0.3) is 0 Å². The molecule has 0 N–H and O–H groups in total. The molecule has 2 aromatic rings. The molecule has 1 atom stereocenters. The third kappa shape index (κ3) is 2.06. The fourth-order valence-electron chi connectivity index (χ4n) is 4.32. The van der Waals surface area contributed by atoms with Crippen LogP contribution < -0.4 is 4.90 Å². The minimum absolute atomic E-state index is 0.292. The lowest BCUT2D eigenvalue weighted by molar-refractivity contribution is -0.0881. The van der Waals surface area contributed by atoms with E-state index >= 15 is 0 Å². The van der Waals surface area contributed by atoms with Crippen LogP contribution in [0.3, 0.4) is 0 Å². The van der Waals surface area contributed by atoms with Crippen LogP contribution in [-0.2, 0) is 4.74 Å². The van der Waals surface area contributed by atoms with Crippen molar-refractivity contribution in [2.75, 3.05) is 31.1 Å². The van der Waals surface area contributed by atoms with E-state index in [9.17, 15) is 4.79 Å². The number of piperidine rings is 3. The molecule has 6 heterocycles. The monoisotopic (exact) mass is 325 g/mol. The van der Waals surface area contributed by atoms with Crippen molar-refractivity contribution in [3.05, 3.63) is 36.7 Å². The number of hydrogen-bond acceptors (Lipinski definition) is 5. The Morgan fingerprint density at radius 2 is 1.88 bits per heavy atom. The molecule has 0 radical (unpaired) electrons. The van der Waals surface area contributed by atoms with Crippen molar-refractivity contribution in [3.8, 4) is 11.3 Å². The quantitative estimate of drug-likeness (QED) is 0.850. The second kappa shape index (κ2) is 5.08. The number of furan rings is 1. The van der Waals surface area contributed by atoms with Crippen LogP contribution in [0.2, 0.25) is 0 Å². The number of amides is 1. The molecule has 4 aliphatic heterocycles. The topological polar surface area (TPSA) is 58.8 Å². The van der Waals surface area contributed by atoms with Crippen LogP contribution in [-0.4, -0.2) is 47.8 Å². The highest BCUT2D eigenvalue weighted by Gasteiger charge is 2.56. The molecule has 6 nitrogen and oxygen atoms in total. The van der Waals surface area contributed by atoms with Crippen LogP contribution in [0, 0.1) is 5.92 Å². The summed E-state index contributed by atoms with van der Waals surface area (Å²) in [7, 11) is 0. The maximum atomic E-state index is 12.5. The van der Waals surface area contributed by atoms with Gasteiger partial charge in [-0.1, -0.05) is 0 Å². The SMILES string of the molecule is O=C1OC2(CN3CCC2CC3)CN1c1ccc(-c2ccncc2)o1. The third-order valence-electron chi connectivity index (χ3n) is 5.58. The van der Waals surface area contributed by atoms with Crippen molar-refractivity contribution in [2.24, 2.45) is 5.92 Å². The third-order valence-corrected chi connectivity index (χ3v) is 5.58. The molecule has 1 unspecified atom stereocenters. The van der Waals surface area contributed by atoms with E-state index in [1.165, 1.54) is 0 Å². The molecule has 0 aliphatic carbocycles. The van der Waals surface area contributed by atoms with E-state index < -0.39 is 0 Å². The van der Waals surface area contributed by atoms with Crippen LogP contribution in [0.15, 0.2) is 41.1 Å². The van der Waals surface area contributed by atoms with Gasteiger partial charge >= 0.3 is 6.09 Å². The summed E-state index contributed by atoms with van der Waals surface area (Å²) in [5.41, 5.74) is 0.582. The van der Waals surface area contributed by atoms with E-state index in [2.05, 4.69) is 9.88 Å². The Balaban J connectivity index is 1.42. The van der Waals surface area contributed by atoms with E-state index in [4.69, 9.17) is 9.15 Å². The molecular formula is C18H19N3O3. The summed E-state index contributed by atoms with van der Waals surface area (Å²) in [4.78, 5) is 20.6. The maximum absolute atomic E-state index is 12.5. The first-order chi connectivity index (χ1) is 11.7. The van der Waals surface area contributed by atoms with Gasteiger partial charge in [0.2, 0.25) is 5.88 Å². The van der Waals surface area contributed by atoms with Gasteiger partial charge in [-0.3, -0.25) is 9.88 Å². The van der Waals surface area contributed by atoms with Gasteiger partial charge in [-0.05, 0) is 44.1 Å². The lowest BCUT2D eigenvalue weighted by Crippen LogP contribution is -2.61. The van der Waals surface area contributed by atoms with E-state index in [1.807, 2.05) is 24.3 Å². The van der Waals surface area contributed by atoms with Gasteiger partial charge in [0.15, 0.2) is 0 Å². The minimum atomic E-state index is -0.364. The highest BCUT2D eigenvalue weighted by Crippen LogP contribution is 2.43. The number of aromatic nitrogens is 1. The van der Waals surface area contributed by atoms with Gasteiger partial charge in [0.1, 0.15) is 11.4 Å². The Kier molecular flexibility index (Phi) is 2.97. The van der Waals surface area contributed by atoms with E-state index in [-0.39, 0.29) is 11.7 Å². The summed E-state index contributed by atoms with van der Waals surface area (Å²) in [6, 6.07) is 7.51. The molecule has 2 bridgehead atoms. The fourth-order valence-corrected chi connectivity index (χ4v) is 4.32. The molecule has 24 heavy (non-hydrogen) atoms. The van der Waals surface area contributed by atoms with Crippen LogP contribution in [0.5, 0.6) is 0 Å². The molecule has 0 aromatic carbocycles. The van der Waals surface area contributed by atoms with Gasteiger partial charge < -0.3 is 9.15 Å². The van der Waals surface area contributed by atoms with Crippen molar-refractivity contribution in [1.29, 1.82) is 0 Å². The zero-order valence-corrected chi connectivity index (χ0v) is 13.4. The van der Waals surface area contributed by atoms with Crippen molar-refractivity contribution < 1.29 is 13.9 Å². The van der Waals surface area contributed by atoms with Crippen molar-refractivity contribution in [1.82, 2.24) is 9.88 Å². The second-order valence-electron chi connectivity index (χ2n) is 6.94. The summed E-state index contributed by atoms with van der Waals surface area (Å²) in [5, 5.41) is 0. The first-order valence-electron chi connectivity index (χ1n) is 8.47. The van der Waals surface area contributed by atoms with Gasteiger partial charge in [0.05, 0.1) is 6.54 Å². The van der Waals surface area contributed by atoms with Crippen molar-refractivity contribution in [3.63, 3.8) is 0 Å². The summed E-state index contributed by atoms with van der Waals surface area (Å²) in [5.74, 6) is 1.75. The van der Waals surface area contributed by atoms with Crippen LogP contribution >= 0.6 is 0 Å². The number of ether oxygens (including phenoxy) is 1. The number of pyridine rings is 1. The van der Waals surface area contributed by atoms with Crippen molar-refractivity contribution >= 4 is 12.0 Å². The minimum Gasteiger partial charge on any atom is -0.440 e. The first kappa shape index (κ1) is 14.0. The molecule has 4 saturated heterocycles. The van der Waals surface area contributed by atoms with Gasteiger partial charge in [0, 0.05) is 36.5 Å². The molecule has 6 heteroatoms. The standard InChI is InChI=1S/C18H19N3O3/c22-17-21(12-18(24-17)11-20-9-5-14(18)6-10-20)16-2-1-15(23-16)13-3-7-19-8-4-13/h1-4,7-8,14H,5-6,9-12H2. The lowest BCUT2D eigenvalue weighted by Gasteiger charge is -2.49. The Labute approximate surface area is 140 Å². The molecular weight excluding hydrogens is 306 g/mol. The highest BCUT2D eigenvalue weighted by molar-refractivity contribution is 5.89. The first-order valence-corrected chi connectivity index (χ1v) is 8.47. The van der Waals surface area contributed by atoms with Gasteiger partial charge in [-0.25, -0.2) is 9.69 Å². The lowest BCUT2D eigenvalue weighted by atomic mass is 9.75. The largest absolute Gasteiger partial charge is 0.440 e. The highest BCUT2D eigenvalue weighted by atomic mass is 16.6. The van der Waals surface area contributed by atoms with Crippen molar-refractivity contribution in [2.45, 2.75) is 18.4 Å². The Morgan fingerprint density at radius 1 is 1.08 bits per heavy atom. The predicted molar refractivity (Wildman–Crippen MR) is 87.7 cm³/mol. The number of fused-ring (bicyclic) bond motifs is 2. The summed E-state index contributed by atoms with van der Waals surface area (Å²) in [6.07, 6.45) is 5.39. The normalized spacial score (nSPS) is 31.7. The summed E-state index contributed by atoms with van der Waals surface area (Å²) >= 11 is 0. The fraction of sp³-hybridized carbons (Fsp3) is 0.444. The molecule has 4 fully saturated rings. The molecule has 6 rings (SSSR count). The van der Waals surface area contributed by atoms with Crippen LogP contribution in [0.4, 0.5) is 10.7 Å². The average molecular weight is 325 g/mol. The number of rotatable bonds is 2. The molecule has 2 aromatic heterocycles. The van der Waals surface area contributed by atoms with E-state index in [0.29, 0.717) is 18.3 Å². The molecule has 0 saturated carbocycles. The Bertz CT molecular complexity index is 767. The molecule has 124 valence electrons. The van der Waals surface area contributed by atoms with E-state index in [0.717, 1.165) is 43.8 Å². The summed E-state index contributed by atoms with van der Waals surface area (Å²) < 4.78 is 11.8. The number of nitrogens with zero attached hydrogens (tertiary/aromatic N) is 3. The summed E-state index contributed by atoms with van der Waals surface area (Å²) in [6.45, 7) is 3.67. The van der Waals surface area contributed by atoms with Crippen LogP contribution in [0.25, 0.3) is 11.3 Å². The second-order valence-corrected chi connectivity index (χ2v) is 6.94. The maximum Gasteiger partial charge on any atom is 0.417 e. The van der Waals surface area contributed by atoms with Gasteiger partial charge in [-0.2, -0.15) is 0 Å². The predicted octanol–water partition coefficient (Wildman–Crippen LogP) is 2.76. The Hall–Kier alpha value is -2.34. The average Bonchev–Trinajstić information content (AvgIpc) is 3.22. The molecule has 4 aliphatic rings. The number of carbonyl (C=O) groups is 1.